The van der Waals surface area contributed by atoms with Crippen LogP contribution in [-0.2, 0) is 4.79 Å². The fourth-order valence-electron chi connectivity index (χ4n) is 2.69. The van der Waals surface area contributed by atoms with Crippen molar-refractivity contribution in [3.8, 4) is 0 Å². The smallest absolute Gasteiger partial charge is 0.257 e. The summed E-state index contributed by atoms with van der Waals surface area (Å²) >= 11 is 5.19. The Morgan fingerprint density at radius 2 is 2.00 bits per heavy atom. The fraction of sp³-hybridized carbons (Fsp3) is 0.500. The lowest BCUT2D eigenvalue weighted by Crippen LogP contribution is -2.52. The van der Waals surface area contributed by atoms with E-state index in [0.29, 0.717) is 22.8 Å². The maximum absolute atomic E-state index is 13.4. The van der Waals surface area contributed by atoms with E-state index in [1.54, 1.807) is 18.2 Å². The van der Waals surface area contributed by atoms with Crippen LogP contribution < -0.4 is 21.5 Å². The van der Waals surface area contributed by atoms with Gasteiger partial charge < -0.3 is 10.6 Å². The number of hydrogen-bond acceptors (Lipinski definition) is 3. The van der Waals surface area contributed by atoms with Crippen LogP contribution in [0.1, 0.15) is 32.6 Å². The molecule has 0 unspecified atom stereocenters. The van der Waals surface area contributed by atoms with Crippen LogP contribution in [0.5, 0.6) is 0 Å². The fourth-order valence-corrected chi connectivity index (χ4v) is 2.89. The molecule has 0 bridgehead atoms. The van der Waals surface area contributed by atoms with Crippen molar-refractivity contribution in [2.24, 2.45) is 5.92 Å². The molecule has 2 atom stereocenters. The molecule has 1 fully saturated rings. The second-order valence-electron chi connectivity index (χ2n) is 5.85. The van der Waals surface area contributed by atoms with Crippen molar-refractivity contribution >= 4 is 28.9 Å². The van der Waals surface area contributed by atoms with E-state index < -0.39 is 5.82 Å². The first kappa shape index (κ1) is 17.5. The molecule has 7 heteroatoms. The van der Waals surface area contributed by atoms with E-state index >= 15 is 0 Å². The Morgan fingerprint density at radius 1 is 1.26 bits per heavy atom. The van der Waals surface area contributed by atoms with Crippen LogP contribution in [0.3, 0.4) is 0 Å². The molecule has 1 aromatic rings. The van der Waals surface area contributed by atoms with E-state index in [1.807, 2.05) is 0 Å². The molecule has 1 saturated carbocycles. The quantitative estimate of drug-likeness (QED) is 0.501. The van der Waals surface area contributed by atoms with Gasteiger partial charge in [-0.1, -0.05) is 31.9 Å². The molecule has 1 aromatic carbocycles. The van der Waals surface area contributed by atoms with Crippen LogP contribution in [0.15, 0.2) is 24.3 Å². The highest BCUT2D eigenvalue weighted by molar-refractivity contribution is 7.80. The predicted molar refractivity (Wildman–Crippen MR) is 93.3 cm³/mol. The molecule has 0 spiro atoms. The highest BCUT2D eigenvalue weighted by atomic mass is 32.1. The summed E-state index contributed by atoms with van der Waals surface area (Å²) in [5.74, 6) is -0.146. The Bertz CT molecular complexity index is 555. The van der Waals surface area contributed by atoms with E-state index in [0.717, 1.165) is 6.42 Å². The maximum Gasteiger partial charge on any atom is 0.257 e. The van der Waals surface area contributed by atoms with Gasteiger partial charge in [0.15, 0.2) is 5.11 Å². The predicted octanol–water partition coefficient (Wildman–Crippen LogP) is 2.31. The third-order valence-corrected chi connectivity index (χ3v) is 4.28. The van der Waals surface area contributed by atoms with Gasteiger partial charge in [0.25, 0.3) is 5.91 Å². The van der Waals surface area contributed by atoms with Crippen molar-refractivity contribution in [3.05, 3.63) is 30.1 Å². The molecule has 1 aliphatic rings. The number of para-hydroxylation sites is 1. The summed E-state index contributed by atoms with van der Waals surface area (Å²) in [7, 11) is 0. The first-order valence-corrected chi connectivity index (χ1v) is 8.31. The standard InChI is InChI=1S/C16H23FN4OS/c1-11-6-2-4-8-13(11)19-16(23)21-20-15(22)10-18-14-9-5-3-7-12(14)17/h3,5,7,9,11,13,18H,2,4,6,8,10H2,1H3,(H,20,22)(H2,19,21,23)/t11-,13+/m1/s1. The van der Waals surface area contributed by atoms with Crippen molar-refractivity contribution in [2.45, 2.75) is 38.6 Å². The monoisotopic (exact) mass is 338 g/mol. The van der Waals surface area contributed by atoms with E-state index in [9.17, 15) is 9.18 Å². The first-order chi connectivity index (χ1) is 11.1. The molecule has 126 valence electrons. The number of hydrazine groups is 1. The first-order valence-electron chi connectivity index (χ1n) is 7.90. The van der Waals surface area contributed by atoms with Crippen LogP contribution in [0, 0.1) is 11.7 Å². The number of carbonyl (C=O) groups is 1. The van der Waals surface area contributed by atoms with Gasteiger partial charge >= 0.3 is 0 Å². The second-order valence-corrected chi connectivity index (χ2v) is 6.26. The van der Waals surface area contributed by atoms with Gasteiger partial charge in [0.05, 0.1) is 12.2 Å². The molecule has 0 heterocycles. The molecule has 1 aliphatic carbocycles. The number of rotatable bonds is 4. The van der Waals surface area contributed by atoms with Gasteiger partial charge in [0, 0.05) is 6.04 Å². The van der Waals surface area contributed by atoms with Gasteiger partial charge in [-0.25, -0.2) is 4.39 Å². The van der Waals surface area contributed by atoms with Crippen molar-refractivity contribution in [2.75, 3.05) is 11.9 Å². The Balaban J connectivity index is 1.67. The number of carbonyl (C=O) groups excluding carboxylic acids is 1. The van der Waals surface area contributed by atoms with Crippen molar-refractivity contribution in [3.63, 3.8) is 0 Å². The van der Waals surface area contributed by atoms with E-state index in [1.165, 1.54) is 25.3 Å². The van der Waals surface area contributed by atoms with Crippen molar-refractivity contribution in [1.82, 2.24) is 16.2 Å². The summed E-state index contributed by atoms with van der Waals surface area (Å²) in [6, 6.07) is 6.55. The third-order valence-electron chi connectivity index (χ3n) is 4.06. The van der Waals surface area contributed by atoms with Gasteiger partial charge in [0.2, 0.25) is 0 Å². The van der Waals surface area contributed by atoms with Crippen LogP contribution >= 0.6 is 12.2 Å². The molecule has 0 aliphatic heterocycles. The lowest BCUT2D eigenvalue weighted by Gasteiger charge is -2.30. The second kappa shape index (κ2) is 8.67. The molecular weight excluding hydrogens is 315 g/mol. The Hall–Kier alpha value is -1.89. The minimum Gasteiger partial charge on any atom is -0.374 e. The highest BCUT2D eigenvalue weighted by Gasteiger charge is 2.21. The van der Waals surface area contributed by atoms with Crippen LogP contribution in [0.2, 0.25) is 0 Å². The van der Waals surface area contributed by atoms with Crippen molar-refractivity contribution in [1.29, 1.82) is 0 Å². The minimum atomic E-state index is -0.392. The summed E-state index contributed by atoms with van der Waals surface area (Å²) in [5, 5.41) is 6.37. The van der Waals surface area contributed by atoms with Gasteiger partial charge in [-0.15, -0.1) is 0 Å². The van der Waals surface area contributed by atoms with Gasteiger partial charge in [-0.3, -0.25) is 15.6 Å². The van der Waals surface area contributed by atoms with E-state index in [-0.39, 0.29) is 12.5 Å². The zero-order valence-corrected chi connectivity index (χ0v) is 14.0. The molecule has 0 radical (unpaired) electrons. The molecule has 4 N–H and O–H groups in total. The van der Waals surface area contributed by atoms with Crippen LogP contribution in [0.25, 0.3) is 0 Å². The molecule has 0 saturated heterocycles. The summed E-state index contributed by atoms with van der Waals surface area (Å²) in [5.41, 5.74) is 5.48. The molecular formula is C16H23FN4OS. The number of hydrogen-bond donors (Lipinski definition) is 4. The van der Waals surface area contributed by atoms with Crippen LogP contribution in [0.4, 0.5) is 10.1 Å². The third kappa shape index (κ3) is 5.67. The Morgan fingerprint density at radius 3 is 2.74 bits per heavy atom. The lowest BCUT2D eigenvalue weighted by molar-refractivity contribution is -0.119. The Kier molecular flexibility index (Phi) is 6.58. The number of amides is 1. The largest absolute Gasteiger partial charge is 0.374 e. The van der Waals surface area contributed by atoms with E-state index in [2.05, 4.69) is 28.4 Å². The molecule has 5 nitrogen and oxygen atoms in total. The summed E-state index contributed by atoms with van der Waals surface area (Å²) in [6.07, 6.45) is 4.74. The topological polar surface area (TPSA) is 65.2 Å². The highest BCUT2D eigenvalue weighted by Crippen LogP contribution is 2.23. The minimum absolute atomic E-state index is 0.0453. The number of benzene rings is 1. The number of halogens is 1. The number of thiocarbonyl (C=S) groups is 1. The molecule has 1 amide bonds. The molecule has 0 aromatic heterocycles. The average molecular weight is 338 g/mol. The normalized spacial score (nSPS) is 20.4. The van der Waals surface area contributed by atoms with Gasteiger partial charge in [0.1, 0.15) is 5.82 Å². The van der Waals surface area contributed by atoms with Crippen LogP contribution in [-0.4, -0.2) is 23.6 Å². The summed E-state index contributed by atoms with van der Waals surface area (Å²) in [4.78, 5) is 11.7. The van der Waals surface area contributed by atoms with Crippen molar-refractivity contribution < 1.29 is 9.18 Å². The van der Waals surface area contributed by atoms with E-state index in [4.69, 9.17) is 12.2 Å². The van der Waals surface area contributed by atoms with Gasteiger partial charge in [-0.05, 0) is 43.1 Å². The average Bonchev–Trinajstić information content (AvgIpc) is 2.54. The summed E-state index contributed by atoms with van der Waals surface area (Å²) in [6.45, 7) is 2.16. The number of nitrogens with one attached hydrogen (secondary N) is 4. The SMILES string of the molecule is C[C@@H]1CCCC[C@@H]1NC(=S)NNC(=O)CNc1ccccc1F. The lowest BCUT2D eigenvalue weighted by atomic mass is 9.86. The zero-order chi connectivity index (χ0) is 16.7. The molecule has 23 heavy (non-hydrogen) atoms. The maximum atomic E-state index is 13.4. The summed E-state index contributed by atoms with van der Waals surface area (Å²) < 4.78 is 13.4. The molecule has 2 rings (SSSR count). The zero-order valence-electron chi connectivity index (χ0n) is 13.2. The van der Waals surface area contributed by atoms with Gasteiger partial charge in [-0.2, -0.15) is 0 Å². The number of anilines is 1. The Labute approximate surface area is 141 Å².